The zero-order valence-corrected chi connectivity index (χ0v) is 10.9. The summed E-state index contributed by atoms with van der Waals surface area (Å²) in [7, 11) is 1.64. The Kier molecular flexibility index (Phi) is 3.82. The first-order chi connectivity index (χ1) is 8.20. The Labute approximate surface area is 103 Å². The third kappa shape index (κ3) is 2.87. The minimum absolute atomic E-state index is 0.640. The lowest BCUT2D eigenvalue weighted by Crippen LogP contribution is -2.36. The van der Waals surface area contributed by atoms with E-state index >= 15 is 0 Å². The van der Waals surface area contributed by atoms with Crippen molar-refractivity contribution in [1.29, 1.82) is 0 Å². The zero-order valence-electron chi connectivity index (χ0n) is 10.9. The van der Waals surface area contributed by atoms with Crippen LogP contribution in [0.3, 0.4) is 0 Å². The molecular weight excluding hydrogens is 214 g/mol. The van der Waals surface area contributed by atoms with Gasteiger partial charge in [-0.1, -0.05) is 13.8 Å². The van der Waals surface area contributed by atoms with Gasteiger partial charge in [-0.2, -0.15) is 4.98 Å². The first-order valence-corrected chi connectivity index (χ1v) is 6.32. The van der Waals surface area contributed by atoms with E-state index in [-0.39, 0.29) is 0 Å². The molecule has 94 valence electrons. The monoisotopic (exact) mass is 235 g/mol. The molecule has 1 saturated heterocycles. The Morgan fingerprint density at radius 1 is 1.35 bits per heavy atom. The molecule has 0 saturated carbocycles. The van der Waals surface area contributed by atoms with Crippen molar-refractivity contribution >= 4 is 5.95 Å². The molecule has 1 aromatic heterocycles. The molecule has 0 aliphatic carbocycles. The first-order valence-electron chi connectivity index (χ1n) is 6.32. The van der Waals surface area contributed by atoms with Gasteiger partial charge in [0.25, 0.3) is 0 Å². The second-order valence-corrected chi connectivity index (χ2v) is 4.97. The molecule has 1 aromatic rings. The molecule has 1 fully saturated rings. The summed E-state index contributed by atoms with van der Waals surface area (Å²) in [5.41, 5.74) is 0. The number of hydrogen-bond acceptors (Lipinski definition) is 4. The first kappa shape index (κ1) is 12.1. The average molecular weight is 235 g/mol. The summed E-state index contributed by atoms with van der Waals surface area (Å²) in [6.07, 6.45) is 4.23. The third-order valence-electron chi connectivity index (χ3n) is 3.59. The molecule has 2 heterocycles. The maximum absolute atomic E-state index is 5.13. The van der Waals surface area contributed by atoms with Gasteiger partial charge < -0.3 is 9.64 Å². The van der Waals surface area contributed by atoms with Crippen LogP contribution >= 0.6 is 0 Å². The number of rotatable bonds is 3. The highest BCUT2D eigenvalue weighted by Gasteiger charge is 2.22. The molecule has 1 aliphatic heterocycles. The molecule has 4 heteroatoms. The fourth-order valence-electron chi connectivity index (χ4n) is 2.36. The zero-order chi connectivity index (χ0) is 12.3. The third-order valence-corrected chi connectivity index (χ3v) is 3.59. The van der Waals surface area contributed by atoms with Gasteiger partial charge in [-0.25, -0.2) is 4.98 Å². The molecule has 0 spiro atoms. The molecule has 0 amide bonds. The number of hydrogen-bond donors (Lipinski definition) is 0. The van der Waals surface area contributed by atoms with E-state index < -0.39 is 0 Å². The van der Waals surface area contributed by atoms with Gasteiger partial charge in [-0.15, -0.1) is 0 Å². The minimum atomic E-state index is 0.640. The lowest BCUT2D eigenvalue weighted by molar-refractivity contribution is 0.309. The topological polar surface area (TPSA) is 38.2 Å². The summed E-state index contributed by atoms with van der Waals surface area (Å²) in [6, 6.07) is 1.78. The molecule has 1 aliphatic rings. The van der Waals surface area contributed by atoms with Crippen LogP contribution in [0.25, 0.3) is 0 Å². The lowest BCUT2D eigenvalue weighted by Gasteiger charge is -2.33. The summed E-state index contributed by atoms with van der Waals surface area (Å²) in [6.45, 7) is 6.72. The van der Waals surface area contributed by atoms with Gasteiger partial charge in [0.2, 0.25) is 11.8 Å². The average Bonchev–Trinajstić information content (AvgIpc) is 2.39. The van der Waals surface area contributed by atoms with Crippen LogP contribution < -0.4 is 9.64 Å². The number of nitrogens with zero attached hydrogens (tertiary/aromatic N) is 3. The van der Waals surface area contributed by atoms with Crippen LogP contribution in [0.4, 0.5) is 5.95 Å². The van der Waals surface area contributed by atoms with Crippen molar-refractivity contribution < 1.29 is 4.74 Å². The van der Waals surface area contributed by atoms with Crippen LogP contribution in [0.15, 0.2) is 12.3 Å². The molecule has 0 atom stereocenters. The molecule has 0 N–H and O–H groups in total. The normalized spacial score (nSPS) is 17.5. The Morgan fingerprint density at radius 2 is 2.06 bits per heavy atom. The summed E-state index contributed by atoms with van der Waals surface area (Å²) in [4.78, 5) is 10.9. The van der Waals surface area contributed by atoms with Crippen LogP contribution in [-0.4, -0.2) is 30.2 Å². The summed E-state index contributed by atoms with van der Waals surface area (Å²) in [5.74, 6) is 3.06. The van der Waals surface area contributed by atoms with Gasteiger partial charge in [0, 0.05) is 25.4 Å². The van der Waals surface area contributed by atoms with Crippen molar-refractivity contribution in [3.05, 3.63) is 12.3 Å². The number of anilines is 1. The molecule has 4 nitrogen and oxygen atoms in total. The molecule has 0 aromatic carbocycles. The maximum atomic E-state index is 5.13. The predicted molar refractivity (Wildman–Crippen MR) is 68.4 cm³/mol. The Bertz CT molecular complexity index is 359. The largest absolute Gasteiger partial charge is 0.481 e. The van der Waals surface area contributed by atoms with Crippen molar-refractivity contribution in [2.75, 3.05) is 25.1 Å². The fourth-order valence-corrected chi connectivity index (χ4v) is 2.36. The van der Waals surface area contributed by atoms with E-state index in [4.69, 9.17) is 4.74 Å². The highest BCUT2D eigenvalue weighted by atomic mass is 16.5. The lowest BCUT2D eigenvalue weighted by atomic mass is 9.87. The summed E-state index contributed by atoms with van der Waals surface area (Å²) >= 11 is 0. The molecule has 2 rings (SSSR count). The number of methoxy groups -OCH3 is 1. The van der Waals surface area contributed by atoms with Crippen molar-refractivity contribution in [3.63, 3.8) is 0 Å². The number of ether oxygens (including phenoxy) is 1. The molecule has 0 unspecified atom stereocenters. The Balaban J connectivity index is 2.00. The van der Waals surface area contributed by atoms with Crippen LogP contribution in [-0.2, 0) is 0 Å². The number of piperidine rings is 1. The van der Waals surface area contributed by atoms with Gasteiger partial charge >= 0.3 is 0 Å². The van der Waals surface area contributed by atoms with Crippen LogP contribution in [0.2, 0.25) is 0 Å². The molecule has 17 heavy (non-hydrogen) atoms. The standard InChI is InChI=1S/C13H21N3O/c1-10(2)11-5-8-16(9-6-11)13-14-7-4-12(15-13)17-3/h4,7,10-11H,5-6,8-9H2,1-3H3. The highest BCUT2D eigenvalue weighted by Crippen LogP contribution is 2.26. The fraction of sp³-hybridized carbons (Fsp3) is 0.692. The van der Waals surface area contributed by atoms with Crippen LogP contribution in [0, 0.1) is 11.8 Å². The predicted octanol–water partition coefficient (Wildman–Crippen LogP) is 2.36. The summed E-state index contributed by atoms with van der Waals surface area (Å²) in [5, 5.41) is 0. The van der Waals surface area contributed by atoms with E-state index in [2.05, 4.69) is 28.7 Å². The van der Waals surface area contributed by atoms with E-state index in [1.165, 1.54) is 12.8 Å². The van der Waals surface area contributed by atoms with Crippen molar-refractivity contribution in [2.45, 2.75) is 26.7 Å². The minimum Gasteiger partial charge on any atom is -0.481 e. The van der Waals surface area contributed by atoms with E-state index in [0.29, 0.717) is 5.88 Å². The van der Waals surface area contributed by atoms with E-state index in [0.717, 1.165) is 30.9 Å². The van der Waals surface area contributed by atoms with Crippen LogP contribution in [0.5, 0.6) is 5.88 Å². The van der Waals surface area contributed by atoms with E-state index in [9.17, 15) is 0 Å². The van der Waals surface area contributed by atoms with Gasteiger partial charge in [-0.05, 0) is 24.7 Å². The SMILES string of the molecule is COc1ccnc(N2CCC(C(C)C)CC2)n1. The molecule has 0 radical (unpaired) electrons. The van der Waals surface area contributed by atoms with E-state index in [1.807, 2.05) is 0 Å². The van der Waals surface area contributed by atoms with E-state index in [1.54, 1.807) is 19.4 Å². The van der Waals surface area contributed by atoms with Crippen molar-refractivity contribution in [2.24, 2.45) is 11.8 Å². The second-order valence-electron chi connectivity index (χ2n) is 4.97. The van der Waals surface area contributed by atoms with Gasteiger partial charge in [-0.3, -0.25) is 0 Å². The highest BCUT2D eigenvalue weighted by molar-refractivity contribution is 5.32. The van der Waals surface area contributed by atoms with Crippen molar-refractivity contribution in [3.8, 4) is 5.88 Å². The Morgan fingerprint density at radius 3 is 2.65 bits per heavy atom. The molecule has 0 bridgehead atoms. The van der Waals surface area contributed by atoms with Crippen LogP contribution in [0.1, 0.15) is 26.7 Å². The smallest absolute Gasteiger partial charge is 0.228 e. The molecular formula is C13H21N3O. The van der Waals surface area contributed by atoms with Crippen molar-refractivity contribution in [1.82, 2.24) is 9.97 Å². The quantitative estimate of drug-likeness (QED) is 0.806. The Hall–Kier alpha value is -1.32. The van der Waals surface area contributed by atoms with Gasteiger partial charge in [0.1, 0.15) is 0 Å². The second kappa shape index (κ2) is 5.34. The van der Waals surface area contributed by atoms with Gasteiger partial charge in [0.15, 0.2) is 0 Å². The maximum Gasteiger partial charge on any atom is 0.228 e. The number of aromatic nitrogens is 2. The van der Waals surface area contributed by atoms with Gasteiger partial charge in [0.05, 0.1) is 7.11 Å². The summed E-state index contributed by atoms with van der Waals surface area (Å²) < 4.78 is 5.13.